The molecule has 0 saturated carbocycles. The van der Waals surface area contributed by atoms with Gasteiger partial charge in [-0.2, -0.15) is 0 Å². The van der Waals surface area contributed by atoms with E-state index in [4.69, 9.17) is 5.11 Å². The first-order valence-electron chi connectivity index (χ1n) is 5.85. The topological polar surface area (TPSA) is 68.0 Å². The molecule has 5 nitrogen and oxygen atoms in total. The van der Waals surface area contributed by atoms with Gasteiger partial charge in [0.25, 0.3) is 0 Å². The van der Waals surface area contributed by atoms with Crippen molar-refractivity contribution in [2.24, 2.45) is 0 Å². The minimum absolute atomic E-state index is 0.0116. The predicted molar refractivity (Wildman–Crippen MR) is 73.4 cm³/mol. The molecule has 0 amide bonds. The number of hydrogen-bond acceptors (Lipinski definition) is 4. The summed E-state index contributed by atoms with van der Waals surface area (Å²) in [5.74, 6) is -0.830. The van der Waals surface area contributed by atoms with Crippen molar-refractivity contribution >= 4 is 17.7 Å². The van der Waals surface area contributed by atoms with Crippen molar-refractivity contribution in [1.82, 2.24) is 14.5 Å². The van der Waals surface area contributed by atoms with E-state index < -0.39 is 5.97 Å². The fraction of sp³-hybridized carbons (Fsp3) is 0.308. The maximum atomic E-state index is 10.6. The number of hydrogen-bond donors (Lipinski definition) is 1. The average molecular weight is 277 g/mol. The maximum Gasteiger partial charge on any atom is 0.313 e. The molecule has 2 heterocycles. The molecule has 0 aromatic carbocycles. The van der Waals surface area contributed by atoms with Gasteiger partial charge >= 0.3 is 5.97 Å². The van der Waals surface area contributed by atoms with E-state index >= 15 is 0 Å². The molecule has 0 spiro atoms. The zero-order chi connectivity index (χ0) is 13.8. The van der Waals surface area contributed by atoms with E-state index in [1.54, 1.807) is 6.20 Å². The van der Waals surface area contributed by atoms with E-state index in [2.05, 4.69) is 9.97 Å². The molecule has 0 saturated heterocycles. The largest absolute Gasteiger partial charge is 0.481 e. The van der Waals surface area contributed by atoms with Gasteiger partial charge in [0, 0.05) is 17.6 Å². The lowest BCUT2D eigenvalue weighted by Gasteiger charge is -2.09. The standard InChI is InChI=1S/C13H15N3O2S/c1-9-4-3-5-11(15-9)7-16-10(2)6-14-13(16)19-8-12(17)18/h3-6H,7-8H2,1-2H3,(H,17,18). The number of carboxylic acid groups (broad SMARTS) is 1. The monoisotopic (exact) mass is 277 g/mol. The Morgan fingerprint density at radius 1 is 1.42 bits per heavy atom. The first-order chi connectivity index (χ1) is 9.06. The molecule has 19 heavy (non-hydrogen) atoms. The van der Waals surface area contributed by atoms with Crippen LogP contribution >= 0.6 is 11.8 Å². The number of carbonyl (C=O) groups is 1. The van der Waals surface area contributed by atoms with Crippen LogP contribution in [0.4, 0.5) is 0 Å². The van der Waals surface area contributed by atoms with E-state index in [1.165, 1.54) is 11.8 Å². The lowest BCUT2D eigenvalue weighted by atomic mass is 10.3. The molecule has 0 atom stereocenters. The molecule has 0 fully saturated rings. The van der Waals surface area contributed by atoms with Gasteiger partial charge < -0.3 is 9.67 Å². The summed E-state index contributed by atoms with van der Waals surface area (Å²) in [6.07, 6.45) is 1.75. The molecule has 0 radical (unpaired) electrons. The number of pyridine rings is 1. The molecule has 100 valence electrons. The number of rotatable bonds is 5. The Kier molecular flexibility index (Phi) is 4.21. The number of thioether (sulfide) groups is 1. The van der Waals surface area contributed by atoms with Gasteiger partial charge in [-0.25, -0.2) is 4.98 Å². The number of carboxylic acids is 1. The first kappa shape index (κ1) is 13.6. The van der Waals surface area contributed by atoms with Gasteiger partial charge in [0.05, 0.1) is 18.0 Å². The van der Waals surface area contributed by atoms with Crippen LogP contribution in [0.2, 0.25) is 0 Å². The van der Waals surface area contributed by atoms with Crippen molar-refractivity contribution in [3.63, 3.8) is 0 Å². The Morgan fingerprint density at radius 3 is 2.89 bits per heavy atom. The highest BCUT2D eigenvalue weighted by Crippen LogP contribution is 2.19. The van der Waals surface area contributed by atoms with Gasteiger partial charge in [-0.15, -0.1) is 0 Å². The van der Waals surface area contributed by atoms with Crippen LogP contribution in [0, 0.1) is 13.8 Å². The number of aryl methyl sites for hydroxylation is 2. The van der Waals surface area contributed by atoms with Gasteiger partial charge in [-0.05, 0) is 26.0 Å². The third-order valence-electron chi connectivity index (χ3n) is 2.61. The quantitative estimate of drug-likeness (QED) is 0.848. The highest BCUT2D eigenvalue weighted by Gasteiger charge is 2.10. The summed E-state index contributed by atoms with van der Waals surface area (Å²) < 4.78 is 1.98. The molecule has 2 aromatic rings. The fourth-order valence-corrected chi connectivity index (χ4v) is 2.47. The zero-order valence-electron chi connectivity index (χ0n) is 10.8. The van der Waals surface area contributed by atoms with Gasteiger partial charge in [-0.1, -0.05) is 17.8 Å². The van der Waals surface area contributed by atoms with Gasteiger partial charge in [0.1, 0.15) is 0 Å². The second-order valence-corrected chi connectivity index (χ2v) is 5.16. The van der Waals surface area contributed by atoms with Gasteiger partial charge in [-0.3, -0.25) is 9.78 Å². The Morgan fingerprint density at radius 2 is 2.21 bits per heavy atom. The third kappa shape index (κ3) is 3.57. The summed E-state index contributed by atoms with van der Waals surface area (Å²) in [4.78, 5) is 19.3. The first-order valence-corrected chi connectivity index (χ1v) is 6.84. The molecule has 2 aromatic heterocycles. The molecule has 1 N–H and O–H groups in total. The summed E-state index contributed by atoms with van der Waals surface area (Å²) in [6, 6.07) is 5.87. The third-order valence-corrected chi connectivity index (χ3v) is 3.58. The van der Waals surface area contributed by atoms with Crippen molar-refractivity contribution in [2.45, 2.75) is 25.5 Å². The van der Waals surface area contributed by atoms with E-state index in [0.29, 0.717) is 11.7 Å². The van der Waals surface area contributed by atoms with Crippen LogP contribution in [0.15, 0.2) is 29.6 Å². The van der Waals surface area contributed by atoms with Crippen molar-refractivity contribution in [2.75, 3.05) is 5.75 Å². The van der Waals surface area contributed by atoms with Crippen LogP contribution in [0.25, 0.3) is 0 Å². The van der Waals surface area contributed by atoms with E-state index in [9.17, 15) is 4.79 Å². The molecule has 0 aliphatic heterocycles. The minimum Gasteiger partial charge on any atom is -0.481 e. The number of imidazole rings is 1. The van der Waals surface area contributed by atoms with Crippen LogP contribution < -0.4 is 0 Å². The molecular formula is C13H15N3O2S. The SMILES string of the molecule is Cc1cccc(Cn2c(C)cnc2SCC(=O)O)n1. The highest BCUT2D eigenvalue weighted by molar-refractivity contribution is 7.99. The average Bonchev–Trinajstić information content (AvgIpc) is 2.68. The van der Waals surface area contributed by atoms with Crippen LogP contribution in [0.5, 0.6) is 0 Å². The predicted octanol–water partition coefficient (Wildman–Crippen LogP) is 2.12. The fourth-order valence-electron chi connectivity index (χ4n) is 1.72. The molecule has 2 rings (SSSR count). The van der Waals surface area contributed by atoms with Crippen molar-refractivity contribution in [3.05, 3.63) is 41.5 Å². The lowest BCUT2D eigenvalue weighted by Crippen LogP contribution is -2.07. The summed E-state index contributed by atoms with van der Waals surface area (Å²) >= 11 is 1.22. The number of nitrogens with zero attached hydrogens (tertiary/aromatic N) is 3. The Hall–Kier alpha value is -1.82. The Bertz CT molecular complexity index is 595. The highest BCUT2D eigenvalue weighted by atomic mass is 32.2. The Labute approximate surface area is 115 Å². The summed E-state index contributed by atoms with van der Waals surface area (Å²) in [7, 11) is 0. The lowest BCUT2D eigenvalue weighted by molar-refractivity contribution is -0.133. The second kappa shape index (κ2) is 5.88. The van der Waals surface area contributed by atoms with Crippen LogP contribution in [0.3, 0.4) is 0 Å². The van der Waals surface area contributed by atoms with Crippen LogP contribution in [-0.4, -0.2) is 31.4 Å². The normalized spacial score (nSPS) is 10.6. The van der Waals surface area contributed by atoms with E-state index in [1.807, 2.05) is 36.6 Å². The van der Waals surface area contributed by atoms with Gasteiger partial charge in [0.15, 0.2) is 5.16 Å². The second-order valence-electron chi connectivity index (χ2n) is 4.22. The van der Waals surface area contributed by atoms with E-state index in [0.717, 1.165) is 17.1 Å². The summed E-state index contributed by atoms with van der Waals surface area (Å²) in [5, 5.41) is 9.44. The molecule has 0 unspecified atom stereocenters. The molecule has 0 bridgehead atoms. The number of aromatic nitrogens is 3. The van der Waals surface area contributed by atoms with Crippen LogP contribution in [0.1, 0.15) is 17.1 Å². The van der Waals surface area contributed by atoms with E-state index in [-0.39, 0.29) is 5.75 Å². The molecule has 0 aliphatic carbocycles. The molecular weight excluding hydrogens is 262 g/mol. The van der Waals surface area contributed by atoms with Gasteiger partial charge in [0.2, 0.25) is 0 Å². The zero-order valence-corrected chi connectivity index (χ0v) is 11.6. The Balaban J connectivity index is 2.19. The van der Waals surface area contributed by atoms with Crippen molar-refractivity contribution < 1.29 is 9.90 Å². The van der Waals surface area contributed by atoms with Crippen molar-refractivity contribution in [1.29, 1.82) is 0 Å². The molecule has 0 aliphatic rings. The summed E-state index contributed by atoms with van der Waals surface area (Å²) in [6.45, 7) is 4.51. The molecule has 6 heteroatoms. The maximum absolute atomic E-state index is 10.6. The smallest absolute Gasteiger partial charge is 0.313 e. The minimum atomic E-state index is -0.842. The number of aliphatic carboxylic acids is 1. The van der Waals surface area contributed by atoms with Crippen molar-refractivity contribution in [3.8, 4) is 0 Å². The van der Waals surface area contributed by atoms with Crippen LogP contribution in [-0.2, 0) is 11.3 Å². The summed E-state index contributed by atoms with van der Waals surface area (Å²) in [5.41, 5.74) is 2.91.